The normalized spacial score (nSPS) is 11.6. The molecule has 0 aliphatic carbocycles. The highest BCUT2D eigenvalue weighted by molar-refractivity contribution is 6.31. The fourth-order valence-corrected chi connectivity index (χ4v) is 3.38. The van der Waals surface area contributed by atoms with Crippen LogP contribution in [0.2, 0.25) is 5.02 Å². The Labute approximate surface area is 133 Å². The van der Waals surface area contributed by atoms with Crippen molar-refractivity contribution in [3.05, 3.63) is 58.2 Å². The molecule has 2 heterocycles. The summed E-state index contributed by atoms with van der Waals surface area (Å²) < 4.78 is 0. The molecule has 3 heteroatoms. The van der Waals surface area contributed by atoms with Gasteiger partial charge in [-0.05, 0) is 56.7 Å². The first kappa shape index (κ1) is 13.5. The molecule has 0 amide bonds. The van der Waals surface area contributed by atoms with Gasteiger partial charge < -0.3 is 0 Å². The van der Waals surface area contributed by atoms with E-state index in [9.17, 15) is 0 Å². The minimum Gasteiger partial charge on any atom is -0.252 e. The van der Waals surface area contributed by atoms with Crippen molar-refractivity contribution in [3.8, 4) is 0 Å². The van der Waals surface area contributed by atoms with Crippen LogP contribution >= 0.6 is 11.6 Å². The zero-order chi connectivity index (χ0) is 15.4. The zero-order valence-corrected chi connectivity index (χ0v) is 13.5. The molecule has 4 rings (SSSR count). The van der Waals surface area contributed by atoms with Crippen molar-refractivity contribution in [2.75, 3.05) is 0 Å². The Balaban J connectivity index is 2.31. The van der Waals surface area contributed by atoms with Gasteiger partial charge in [0.1, 0.15) is 0 Å². The molecular formula is C19H15ClN2. The highest BCUT2D eigenvalue weighted by Crippen LogP contribution is 2.32. The van der Waals surface area contributed by atoms with E-state index < -0.39 is 0 Å². The first-order valence-corrected chi connectivity index (χ1v) is 7.69. The highest BCUT2D eigenvalue weighted by Gasteiger charge is 2.13. The molecule has 4 aromatic rings. The second-order valence-electron chi connectivity index (χ2n) is 5.84. The van der Waals surface area contributed by atoms with Gasteiger partial charge in [0.25, 0.3) is 0 Å². The second kappa shape index (κ2) is 4.65. The fraction of sp³-hybridized carbons (Fsp3) is 0.158. The van der Waals surface area contributed by atoms with Crippen LogP contribution in [0.3, 0.4) is 0 Å². The molecule has 22 heavy (non-hydrogen) atoms. The molecule has 0 saturated carbocycles. The lowest BCUT2D eigenvalue weighted by Gasteiger charge is -2.12. The number of nitrogens with zero attached hydrogens (tertiary/aromatic N) is 2. The maximum Gasteiger partial charge on any atom is 0.0825 e. The molecule has 0 unspecified atom stereocenters. The van der Waals surface area contributed by atoms with Crippen LogP contribution in [0.5, 0.6) is 0 Å². The van der Waals surface area contributed by atoms with E-state index in [2.05, 4.69) is 32.0 Å². The summed E-state index contributed by atoms with van der Waals surface area (Å²) in [5.74, 6) is 0. The van der Waals surface area contributed by atoms with E-state index in [0.29, 0.717) is 5.02 Å². The van der Waals surface area contributed by atoms with Crippen LogP contribution in [-0.4, -0.2) is 9.97 Å². The zero-order valence-electron chi connectivity index (χ0n) is 12.7. The lowest BCUT2D eigenvalue weighted by atomic mass is 9.99. The topological polar surface area (TPSA) is 25.8 Å². The van der Waals surface area contributed by atoms with Gasteiger partial charge in [0, 0.05) is 26.9 Å². The molecule has 0 bridgehead atoms. The lowest BCUT2D eigenvalue weighted by molar-refractivity contribution is 1.27. The summed E-state index contributed by atoms with van der Waals surface area (Å²) in [5, 5.41) is 4.05. The summed E-state index contributed by atoms with van der Waals surface area (Å²) in [6.45, 7) is 6.30. The Hall–Kier alpha value is -2.19. The lowest BCUT2D eigenvalue weighted by Crippen LogP contribution is -1.95. The smallest absolute Gasteiger partial charge is 0.0825 e. The summed E-state index contributed by atoms with van der Waals surface area (Å²) >= 11 is 6.18. The van der Waals surface area contributed by atoms with Gasteiger partial charge in [0.2, 0.25) is 0 Å². The minimum atomic E-state index is 0.711. The van der Waals surface area contributed by atoms with Gasteiger partial charge in [-0.15, -0.1) is 0 Å². The van der Waals surface area contributed by atoms with Crippen molar-refractivity contribution < 1.29 is 0 Å². The fourth-order valence-electron chi connectivity index (χ4n) is 3.21. The van der Waals surface area contributed by atoms with Crippen LogP contribution in [0, 0.1) is 20.8 Å². The molecule has 108 valence electrons. The number of fused-ring (bicyclic) bond motifs is 4. The molecular weight excluding hydrogens is 292 g/mol. The maximum absolute atomic E-state index is 6.18. The number of hydrogen-bond acceptors (Lipinski definition) is 2. The number of pyridine rings is 2. The first-order valence-electron chi connectivity index (χ1n) is 7.31. The average molecular weight is 307 g/mol. The van der Waals surface area contributed by atoms with Gasteiger partial charge in [0.15, 0.2) is 0 Å². The van der Waals surface area contributed by atoms with Gasteiger partial charge in [-0.1, -0.05) is 23.2 Å². The molecule has 0 N–H and O–H groups in total. The molecule has 0 aliphatic heterocycles. The van der Waals surface area contributed by atoms with Crippen molar-refractivity contribution in [2.45, 2.75) is 20.8 Å². The summed E-state index contributed by atoms with van der Waals surface area (Å²) in [4.78, 5) is 9.65. The summed E-state index contributed by atoms with van der Waals surface area (Å²) in [6, 6.07) is 12.2. The Morgan fingerprint density at radius 2 is 1.55 bits per heavy atom. The third-order valence-corrected chi connectivity index (χ3v) is 4.50. The van der Waals surface area contributed by atoms with E-state index in [1.807, 2.05) is 25.1 Å². The molecule has 2 nitrogen and oxygen atoms in total. The van der Waals surface area contributed by atoms with E-state index in [1.165, 1.54) is 16.5 Å². The Morgan fingerprint density at radius 1 is 0.818 bits per heavy atom. The van der Waals surface area contributed by atoms with Crippen LogP contribution in [-0.2, 0) is 0 Å². The molecule has 0 aliphatic rings. The van der Waals surface area contributed by atoms with Gasteiger partial charge in [-0.3, -0.25) is 4.98 Å². The van der Waals surface area contributed by atoms with Gasteiger partial charge in [-0.25, -0.2) is 4.98 Å². The highest BCUT2D eigenvalue weighted by atomic mass is 35.5. The van der Waals surface area contributed by atoms with Crippen molar-refractivity contribution in [1.29, 1.82) is 0 Å². The number of halogens is 1. The maximum atomic E-state index is 6.18. The quantitative estimate of drug-likeness (QED) is 0.316. The van der Waals surface area contributed by atoms with Crippen molar-refractivity contribution >= 4 is 44.3 Å². The summed E-state index contributed by atoms with van der Waals surface area (Å²) in [7, 11) is 0. The Morgan fingerprint density at radius 3 is 2.36 bits per heavy atom. The SMILES string of the molecule is Cc1ccc2nc3c(c(C)nc4ccc(Cl)cc43)c(C)c2c1. The third-order valence-electron chi connectivity index (χ3n) is 4.26. The molecule has 0 spiro atoms. The standard InChI is InChI=1S/C19H15ClN2/c1-10-4-6-16-14(8-10)11(2)18-12(3)21-17-7-5-13(20)9-15(17)19(18)22-16/h4-9H,1-3H3. The predicted octanol–water partition coefficient (Wildman–Crippen LogP) is 5.51. The monoisotopic (exact) mass is 306 g/mol. The number of benzene rings is 2. The molecule has 2 aromatic carbocycles. The summed E-state index contributed by atoms with van der Waals surface area (Å²) in [6.07, 6.45) is 0. The van der Waals surface area contributed by atoms with Crippen LogP contribution in [0.15, 0.2) is 36.4 Å². The number of aryl methyl sites for hydroxylation is 3. The first-order chi connectivity index (χ1) is 10.5. The van der Waals surface area contributed by atoms with E-state index in [-0.39, 0.29) is 0 Å². The van der Waals surface area contributed by atoms with Gasteiger partial charge in [0.05, 0.1) is 16.6 Å². The largest absolute Gasteiger partial charge is 0.252 e. The number of aromatic nitrogens is 2. The van der Waals surface area contributed by atoms with Crippen LogP contribution in [0.25, 0.3) is 32.7 Å². The van der Waals surface area contributed by atoms with Gasteiger partial charge >= 0.3 is 0 Å². The number of hydrogen-bond donors (Lipinski definition) is 0. The van der Waals surface area contributed by atoms with Gasteiger partial charge in [-0.2, -0.15) is 0 Å². The Kier molecular flexibility index (Phi) is 2.85. The van der Waals surface area contributed by atoms with E-state index >= 15 is 0 Å². The molecule has 0 radical (unpaired) electrons. The number of rotatable bonds is 0. The summed E-state index contributed by atoms with van der Waals surface area (Å²) in [5.41, 5.74) is 6.43. The van der Waals surface area contributed by atoms with Crippen LogP contribution in [0.1, 0.15) is 16.8 Å². The minimum absolute atomic E-state index is 0.711. The van der Waals surface area contributed by atoms with Crippen molar-refractivity contribution in [3.63, 3.8) is 0 Å². The van der Waals surface area contributed by atoms with Crippen LogP contribution < -0.4 is 0 Å². The molecule has 0 saturated heterocycles. The molecule has 0 fully saturated rings. The van der Waals surface area contributed by atoms with E-state index in [1.54, 1.807) is 0 Å². The molecule has 0 atom stereocenters. The second-order valence-corrected chi connectivity index (χ2v) is 6.28. The van der Waals surface area contributed by atoms with Crippen molar-refractivity contribution in [1.82, 2.24) is 9.97 Å². The molecule has 2 aromatic heterocycles. The van der Waals surface area contributed by atoms with E-state index in [0.717, 1.165) is 33.0 Å². The van der Waals surface area contributed by atoms with Crippen molar-refractivity contribution in [2.24, 2.45) is 0 Å². The third kappa shape index (κ3) is 1.87. The predicted molar refractivity (Wildman–Crippen MR) is 93.8 cm³/mol. The Bertz CT molecular complexity index is 1070. The van der Waals surface area contributed by atoms with E-state index in [4.69, 9.17) is 21.6 Å². The average Bonchev–Trinajstić information content (AvgIpc) is 2.49. The van der Waals surface area contributed by atoms with Crippen LogP contribution in [0.4, 0.5) is 0 Å².